The molecule has 0 saturated heterocycles. The fourth-order valence-electron chi connectivity index (χ4n) is 5.45. The molecule has 3 atom stereocenters. The van der Waals surface area contributed by atoms with Gasteiger partial charge in [-0.3, -0.25) is 24.0 Å². The number of fused-ring (bicyclic) bond motifs is 2. The summed E-state index contributed by atoms with van der Waals surface area (Å²) in [7, 11) is 1.81. The van der Waals surface area contributed by atoms with E-state index in [4.69, 9.17) is 4.98 Å². The summed E-state index contributed by atoms with van der Waals surface area (Å²) in [6.07, 6.45) is 5.06. The Balaban J connectivity index is 1.49. The monoisotopic (exact) mass is 585 g/mol. The summed E-state index contributed by atoms with van der Waals surface area (Å²) in [6, 6.07) is 10.5. The second kappa shape index (κ2) is 13.1. The van der Waals surface area contributed by atoms with E-state index in [0.29, 0.717) is 61.6 Å². The number of nitrogens with zero attached hydrogens (tertiary/aromatic N) is 7. The maximum atomic E-state index is 13.8. The van der Waals surface area contributed by atoms with Gasteiger partial charge in [-0.15, -0.1) is 0 Å². The number of aromatic nitrogens is 6. The molecule has 0 saturated carbocycles. The first-order valence-corrected chi connectivity index (χ1v) is 14.9. The molecule has 1 aromatic carbocycles. The van der Waals surface area contributed by atoms with Crippen LogP contribution in [0.5, 0.6) is 0 Å². The molecule has 0 bridgehead atoms. The summed E-state index contributed by atoms with van der Waals surface area (Å²) in [5.74, 6) is 0.437. The summed E-state index contributed by atoms with van der Waals surface area (Å²) in [4.78, 5) is 51.4. The lowest BCUT2D eigenvalue weighted by Gasteiger charge is -2.28. The molecular formula is C31H39N9O3. The Bertz CT molecular complexity index is 1600. The fourth-order valence-corrected chi connectivity index (χ4v) is 5.45. The number of nitrogens with one attached hydrogen (secondary N) is 2. The Morgan fingerprint density at radius 1 is 1.09 bits per heavy atom. The van der Waals surface area contributed by atoms with Crippen molar-refractivity contribution >= 4 is 28.8 Å². The van der Waals surface area contributed by atoms with Crippen LogP contribution in [0.15, 0.2) is 48.8 Å². The average Bonchev–Trinajstić information content (AvgIpc) is 3.57. The molecule has 1 aliphatic heterocycles. The van der Waals surface area contributed by atoms with Crippen LogP contribution < -0.4 is 10.6 Å². The van der Waals surface area contributed by atoms with E-state index in [1.54, 1.807) is 32.7 Å². The molecule has 3 amide bonds. The van der Waals surface area contributed by atoms with Gasteiger partial charge in [0.25, 0.3) is 5.91 Å². The SMILES string of the molecule is CC[C@H](C)[C@@H]1NC(=O)CCCN(C(=O)c2cnc3cnn(C)c3c2)CCn2nc(C)nc2[C@H](Cc2ccccc2)NC1=O. The van der Waals surface area contributed by atoms with Crippen molar-refractivity contribution in [1.82, 2.24) is 45.1 Å². The van der Waals surface area contributed by atoms with Crippen LogP contribution in [0.3, 0.4) is 0 Å². The van der Waals surface area contributed by atoms with Gasteiger partial charge in [-0.1, -0.05) is 50.6 Å². The van der Waals surface area contributed by atoms with Gasteiger partial charge in [0, 0.05) is 32.8 Å². The minimum atomic E-state index is -0.703. The molecule has 0 radical (unpaired) electrons. The number of carbonyl (C=O) groups excluding carboxylic acids is 3. The summed E-state index contributed by atoms with van der Waals surface area (Å²) in [5, 5.41) is 15.0. The minimum Gasteiger partial charge on any atom is -0.344 e. The van der Waals surface area contributed by atoms with Crippen LogP contribution in [0.4, 0.5) is 0 Å². The van der Waals surface area contributed by atoms with Crippen LogP contribution in [-0.2, 0) is 29.6 Å². The van der Waals surface area contributed by atoms with Crippen molar-refractivity contribution in [3.05, 3.63) is 71.6 Å². The van der Waals surface area contributed by atoms with Crippen LogP contribution in [0.2, 0.25) is 0 Å². The third-order valence-corrected chi connectivity index (χ3v) is 8.08. The summed E-state index contributed by atoms with van der Waals surface area (Å²) >= 11 is 0. The standard InChI is InChI=1S/C31H39N9O3/c1-5-20(2)28-30(42)35-24(16-22-10-7-6-8-11-22)29-34-21(3)37-40(29)15-14-39(13-9-12-27(41)36-28)31(43)23-17-26-25(32-18-23)19-33-38(26)4/h6-8,10-11,17-20,24,28H,5,9,12-16H2,1-4H3,(H,35,42)(H,36,41)/t20-,24-,28-/m0/s1. The number of amides is 3. The molecule has 3 aromatic heterocycles. The maximum Gasteiger partial charge on any atom is 0.255 e. The number of benzene rings is 1. The number of pyridine rings is 1. The molecule has 5 rings (SSSR count). The number of hydrogen-bond acceptors (Lipinski definition) is 7. The van der Waals surface area contributed by atoms with Crippen LogP contribution in [0.1, 0.15) is 66.7 Å². The van der Waals surface area contributed by atoms with Crippen molar-refractivity contribution in [3.63, 3.8) is 0 Å². The first kappa shape index (κ1) is 29.9. The molecule has 2 N–H and O–H groups in total. The molecule has 0 spiro atoms. The fraction of sp³-hybridized carbons (Fsp3) is 0.452. The molecule has 4 heterocycles. The van der Waals surface area contributed by atoms with E-state index < -0.39 is 12.1 Å². The number of aryl methyl sites for hydroxylation is 2. The van der Waals surface area contributed by atoms with Crippen LogP contribution in [0.25, 0.3) is 11.0 Å². The Morgan fingerprint density at radius 2 is 1.88 bits per heavy atom. The Hall–Kier alpha value is -4.61. The zero-order valence-electron chi connectivity index (χ0n) is 25.2. The predicted octanol–water partition coefficient (Wildman–Crippen LogP) is 2.74. The molecule has 43 heavy (non-hydrogen) atoms. The second-order valence-electron chi connectivity index (χ2n) is 11.2. The smallest absolute Gasteiger partial charge is 0.255 e. The van der Waals surface area contributed by atoms with Gasteiger partial charge in [-0.05, 0) is 37.3 Å². The van der Waals surface area contributed by atoms with Crippen LogP contribution in [0, 0.1) is 12.8 Å². The highest BCUT2D eigenvalue weighted by molar-refractivity contribution is 5.96. The highest BCUT2D eigenvalue weighted by Gasteiger charge is 2.31. The Labute approximate surface area is 250 Å². The van der Waals surface area contributed by atoms with Crippen molar-refractivity contribution in [1.29, 1.82) is 0 Å². The molecule has 0 fully saturated rings. The van der Waals surface area contributed by atoms with Gasteiger partial charge < -0.3 is 15.5 Å². The van der Waals surface area contributed by atoms with Crippen molar-refractivity contribution < 1.29 is 14.4 Å². The molecule has 0 aliphatic carbocycles. The minimum absolute atomic E-state index is 0.0821. The van der Waals surface area contributed by atoms with Crippen LogP contribution >= 0.6 is 0 Å². The lowest BCUT2D eigenvalue weighted by molar-refractivity contribution is -0.130. The lowest BCUT2D eigenvalue weighted by atomic mass is 9.97. The van der Waals surface area contributed by atoms with Gasteiger partial charge in [-0.2, -0.15) is 10.2 Å². The van der Waals surface area contributed by atoms with Gasteiger partial charge in [0.1, 0.15) is 23.2 Å². The van der Waals surface area contributed by atoms with Gasteiger partial charge >= 0.3 is 0 Å². The van der Waals surface area contributed by atoms with Crippen LogP contribution in [-0.4, -0.2) is 71.3 Å². The van der Waals surface area contributed by atoms with Crippen molar-refractivity contribution in [2.24, 2.45) is 13.0 Å². The molecule has 1 aliphatic rings. The van der Waals surface area contributed by atoms with Gasteiger partial charge in [0.2, 0.25) is 11.8 Å². The summed E-state index contributed by atoms with van der Waals surface area (Å²) < 4.78 is 3.47. The molecule has 12 heteroatoms. The number of rotatable bonds is 5. The molecular weight excluding hydrogens is 546 g/mol. The third-order valence-electron chi connectivity index (χ3n) is 8.08. The van der Waals surface area contributed by atoms with Gasteiger partial charge in [0.15, 0.2) is 0 Å². The Kier molecular flexibility index (Phi) is 9.13. The van der Waals surface area contributed by atoms with Gasteiger partial charge in [0.05, 0.1) is 29.9 Å². The average molecular weight is 586 g/mol. The molecule has 0 unspecified atom stereocenters. The Morgan fingerprint density at radius 3 is 2.65 bits per heavy atom. The second-order valence-corrected chi connectivity index (χ2v) is 11.2. The van der Waals surface area contributed by atoms with E-state index >= 15 is 0 Å². The zero-order valence-corrected chi connectivity index (χ0v) is 25.2. The largest absolute Gasteiger partial charge is 0.344 e. The van der Waals surface area contributed by atoms with E-state index in [0.717, 1.165) is 11.1 Å². The summed E-state index contributed by atoms with van der Waals surface area (Å²) in [6.45, 7) is 6.83. The van der Waals surface area contributed by atoms with E-state index in [2.05, 4.69) is 25.8 Å². The zero-order chi connectivity index (χ0) is 30.5. The van der Waals surface area contributed by atoms with E-state index in [9.17, 15) is 14.4 Å². The predicted molar refractivity (Wildman–Crippen MR) is 161 cm³/mol. The quantitative estimate of drug-likeness (QED) is 0.367. The lowest BCUT2D eigenvalue weighted by Crippen LogP contribution is -2.51. The number of carbonyl (C=O) groups is 3. The number of hydrogen-bond donors (Lipinski definition) is 2. The van der Waals surface area contributed by atoms with Gasteiger partial charge in [-0.25, -0.2) is 9.67 Å². The topological polar surface area (TPSA) is 140 Å². The van der Waals surface area contributed by atoms with Crippen molar-refractivity contribution in [2.75, 3.05) is 13.1 Å². The summed E-state index contributed by atoms with van der Waals surface area (Å²) in [5.41, 5.74) is 2.95. The van der Waals surface area contributed by atoms with E-state index in [1.165, 1.54) is 0 Å². The third kappa shape index (κ3) is 6.90. The van der Waals surface area contributed by atoms with E-state index in [1.807, 2.05) is 58.2 Å². The normalized spacial score (nSPS) is 19.3. The highest BCUT2D eigenvalue weighted by Crippen LogP contribution is 2.21. The van der Waals surface area contributed by atoms with Crippen molar-refractivity contribution in [2.45, 2.75) is 65.1 Å². The van der Waals surface area contributed by atoms with Crippen molar-refractivity contribution in [3.8, 4) is 0 Å². The maximum absolute atomic E-state index is 13.8. The van der Waals surface area contributed by atoms with E-state index in [-0.39, 0.29) is 30.1 Å². The first-order valence-electron chi connectivity index (χ1n) is 14.9. The molecule has 226 valence electrons. The highest BCUT2D eigenvalue weighted by atomic mass is 16.2. The first-order chi connectivity index (χ1) is 20.7. The molecule has 4 aromatic rings. The molecule has 12 nitrogen and oxygen atoms in total.